The Balaban J connectivity index is 2.03. The van der Waals surface area contributed by atoms with Crippen LogP contribution >= 0.6 is 0 Å². The summed E-state index contributed by atoms with van der Waals surface area (Å²) in [6.07, 6.45) is -0.246. The fraction of sp³-hybridized carbons (Fsp3) is 0.167. The molecule has 0 spiro atoms. The zero-order chi connectivity index (χ0) is 15.2. The van der Waals surface area contributed by atoms with E-state index in [2.05, 4.69) is 0 Å². The number of rotatable bonds is 6. The maximum atomic E-state index is 12.2. The topological polar surface area (TPSA) is 51.2 Å². The van der Waals surface area contributed by atoms with E-state index in [1.807, 2.05) is 6.07 Å². The van der Waals surface area contributed by atoms with Crippen LogP contribution in [0.25, 0.3) is 0 Å². The summed E-state index contributed by atoms with van der Waals surface area (Å²) in [7, 11) is 0. The van der Waals surface area contributed by atoms with Crippen LogP contribution < -0.4 is 0 Å². The maximum absolute atomic E-state index is 12.2. The predicted molar refractivity (Wildman–Crippen MR) is 80.3 cm³/mol. The first-order valence-electron chi connectivity index (χ1n) is 6.80. The Morgan fingerprint density at radius 2 is 1.29 bits per heavy atom. The molecule has 106 valence electrons. The molecule has 0 N–H and O–H groups in total. The van der Waals surface area contributed by atoms with Crippen molar-refractivity contribution in [3.8, 4) is 0 Å². The van der Waals surface area contributed by atoms with Crippen LogP contribution in [0, 0.1) is 5.92 Å². The minimum atomic E-state index is -0.805. The highest BCUT2D eigenvalue weighted by Gasteiger charge is 2.24. The van der Waals surface area contributed by atoms with E-state index in [0.717, 1.165) is 0 Å². The minimum absolute atomic E-state index is 0.246. The fourth-order valence-corrected chi connectivity index (χ4v) is 2.04. The van der Waals surface area contributed by atoms with Crippen molar-refractivity contribution in [3.63, 3.8) is 0 Å². The van der Waals surface area contributed by atoms with Gasteiger partial charge in [0.2, 0.25) is 0 Å². The lowest BCUT2D eigenvalue weighted by Crippen LogP contribution is -2.23. The van der Waals surface area contributed by atoms with Gasteiger partial charge in [0.15, 0.2) is 17.3 Å². The highest BCUT2D eigenvalue weighted by molar-refractivity contribution is 6.17. The third kappa shape index (κ3) is 3.72. The summed E-state index contributed by atoms with van der Waals surface area (Å²) >= 11 is 0. The number of carbonyl (C=O) groups excluding carboxylic acids is 3. The molecule has 0 aliphatic heterocycles. The Morgan fingerprint density at radius 1 is 0.810 bits per heavy atom. The highest BCUT2D eigenvalue weighted by atomic mass is 16.2. The van der Waals surface area contributed by atoms with Gasteiger partial charge < -0.3 is 0 Å². The largest absolute Gasteiger partial charge is 0.298 e. The molecule has 3 heteroatoms. The summed E-state index contributed by atoms with van der Waals surface area (Å²) in [5.74, 6) is -1.66. The van der Waals surface area contributed by atoms with E-state index in [0.29, 0.717) is 11.1 Å². The Kier molecular flexibility index (Phi) is 4.77. The molecule has 21 heavy (non-hydrogen) atoms. The number of carbonyl (C=O) groups is 3. The fourth-order valence-electron chi connectivity index (χ4n) is 2.04. The second-order valence-electron chi connectivity index (χ2n) is 4.88. The molecule has 2 aromatic carbocycles. The molecule has 0 saturated carbocycles. The average Bonchev–Trinajstić information content (AvgIpc) is 2.55. The van der Waals surface area contributed by atoms with Gasteiger partial charge in [0.1, 0.15) is 0 Å². The molecule has 2 rings (SSSR count). The van der Waals surface area contributed by atoms with Crippen molar-refractivity contribution in [2.75, 3.05) is 0 Å². The van der Waals surface area contributed by atoms with Gasteiger partial charge in [-0.25, -0.2) is 0 Å². The third-order valence-corrected chi connectivity index (χ3v) is 3.37. The van der Waals surface area contributed by atoms with Crippen molar-refractivity contribution in [1.29, 1.82) is 0 Å². The monoisotopic (exact) mass is 280 g/mol. The third-order valence-electron chi connectivity index (χ3n) is 3.37. The van der Waals surface area contributed by atoms with Crippen molar-refractivity contribution in [3.05, 3.63) is 71.8 Å². The molecule has 0 amide bonds. The molecule has 0 aliphatic carbocycles. The molecule has 0 aromatic heterocycles. The number of Topliss-reactive ketones (excluding diaryl/α,β-unsaturated/α-hetero) is 3. The van der Waals surface area contributed by atoms with Crippen LogP contribution in [0.2, 0.25) is 0 Å². The van der Waals surface area contributed by atoms with Gasteiger partial charge in [-0.05, 0) is 6.92 Å². The Labute approximate surface area is 123 Å². The lowest BCUT2D eigenvalue weighted by Gasteiger charge is -2.09. The molecule has 0 radical (unpaired) electrons. The summed E-state index contributed by atoms with van der Waals surface area (Å²) in [4.78, 5) is 36.3. The first-order valence-corrected chi connectivity index (χ1v) is 6.80. The second-order valence-corrected chi connectivity index (χ2v) is 4.88. The summed E-state index contributed by atoms with van der Waals surface area (Å²) in [5.41, 5.74) is 0.982. The molecular formula is C18H16O3. The van der Waals surface area contributed by atoms with Gasteiger partial charge in [0, 0.05) is 11.1 Å². The van der Waals surface area contributed by atoms with Crippen LogP contribution in [0.3, 0.4) is 0 Å². The second kappa shape index (κ2) is 6.75. The quantitative estimate of drug-likeness (QED) is 0.602. The van der Waals surface area contributed by atoms with Gasteiger partial charge in [-0.1, -0.05) is 60.7 Å². The van der Waals surface area contributed by atoms with E-state index in [4.69, 9.17) is 0 Å². The Hall–Kier alpha value is -2.55. The Morgan fingerprint density at radius 3 is 1.81 bits per heavy atom. The lowest BCUT2D eigenvalue weighted by molar-refractivity contribution is -0.120. The normalized spacial score (nSPS) is 11.7. The zero-order valence-corrected chi connectivity index (χ0v) is 11.8. The zero-order valence-electron chi connectivity index (χ0n) is 11.8. The molecular weight excluding hydrogens is 264 g/mol. The minimum Gasteiger partial charge on any atom is -0.298 e. The van der Waals surface area contributed by atoms with Gasteiger partial charge in [0.05, 0.1) is 12.3 Å². The number of ketones is 3. The lowest BCUT2D eigenvalue weighted by atomic mass is 9.92. The maximum Gasteiger partial charge on any atom is 0.173 e. The predicted octanol–water partition coefficient (Wildman–Crippen LogP) is 3.35. The van der Waals surface area contributed by atoms with Gasteiger partial charge in [0.25, 0.3) is 0 Å². The molecule has 1 unspecified atom stereocenters. The molecule has 3 nitrogen and oxygen atoms in total. The van der Waals surface area contributed by atoms with E-state index in [1.54, 1.807) is 61.5 Å². The highest BCUT2D eigenvalue weighted by Crippen LogP contribution is 2.13. The van der Waals surface area contributed by atoms with Gasteiger partial charge >= 0.3 is 0 Å². The van der Waals surface area contributed by atoms with Crippen molar-refractivity contribution in [2.45, 2.75) is 13.3 Å². The first kappa shape index (κ1) is 14.9. The molecule has 2 aromatic rings. The van der Waals surface area contributed by atoms with Crippen molar-refractivity contribution in [1.82, 2.24) is 0 Å². The van der Waals surface area contributed by atoms with Crippen LogP contribution in [-0.2, 0) is 4.79 Å². The van der Waals surface area contributed by atoms with Crippen LogP contribution in [0.1, 0.15) is 34.1 Å². The molecule has 0 bridgehead atoms. The molecule has 0 heterocycles. The van der Waals surface area contributed by atoms with E-state index in [-0.39, 0.29) is 23.8 Å². The first-order chi connectivity index (χ1) is 10.1. The van der Waals surface area contributed by atoms with Crippen molar-refractivity contribution in [2.24, 2.45) is 5.92 Å². The van der Waals surface area contributed by atoms with E-state index < -0.39 is 5.92 Å². The standard InChI is InChI=1S/C18H16O3/c1-13(18(21)15-10-6-3-7-11-15)16(19)12-17(20)14-8-4-2-5-9-14/h2-11,13H,12H2,1H3. The van der Waals surface area contributed by atoms with Crippen LogP contribution in [0.5, 0.6) is 0 Å². The summed E-state index contributed by atoms with van der Waals surface area (Å²) in [5, 5.41) is 0. The van der Waals surface area contributed by atoms with Gasteiger partial charge in [-0.3, -0.25) is 14.4 Å². The van der Waals surface area contributed by atoms with Crippen LogP contribution in [0.15, 0.2) is 60.7 Å². The molecule has 1 atom stereocenters. The van der Waals surface area contributed by atoms with Gasteiger partial charge in [-0.2, -0.15) is 0 Å². The van der Waals surface area contributed by atoms with E-state index in [1.165, 1.54) is 0 Å². The van der Waals surface area contributed by atoms with Crippen molar-refractivity contribution >= 4 is 17.3 Å². The summed E-state index contributed by atoms with van der Waals surface area (Å²) < 4.78 is 0. The van der Waals surface area contributed by atoms with Crippen LogP contribution in [0.4, 0.5) is 0 Å². The molecule has 0 aliphatic rings. The number of benzene rings is 2. The average molecular weight is 280 g/mol. The summed E-state index contributed by atoms with van der Waals surface area (Å²) in [6.45, 7) is 1.55. The van der Waals surface area contributed by atoms with Crippen LogP contribution in [-0.4, -0.2) is 17.3 Å². The molecule has 0 saturated heterocycles. The Bertz CT molecular complexity index is 645. The van der Waals surface area contributed by atoms with Crippen molar-refractivity contribution < 1.29 is 14.4 Å². The van der Waals surface area contributed by atoms with E-state index >= 15 is 0 Å². The summed E-state index contributed by atoms with van der Waals surface area (Å²) in [6, 6.07) is 17.3. The smallest absolute Gasteiger partial charge is 0.173 e. The number of hydrogen-bond acceptors (Lipinski definition) is 3. The number of hydrogen-bond donors (Lipinski definition) is 0. The molecule has 0 fully saturated rings. The van der Waals surface area contributed by atoms with E-state index in [9.17, 15) is 14.4 Å². The van der Waals surface area contributed by atoms with Gasteiger partial charge in [-0.15, -0.1) is 0 Å². The SMILES string of the molecule is CC(C(=O)CC(=O)c1ccccc1)C(=O)c1ccccc1.